The predicted molar refractivity (Wildman–Crippen MR) is 106 cm³/mol. The lowest BCUT2D eigenvalue weighted by Crippen LogP contribution is -2.40. The summed E-state index contributed by atoms with van der Waals surface area (Å²) < 4.78 is 10.7. The largest absolute Gasteiger partial charge is 0.424 e. The second-order valence-electron chi connectivity index (χ2n) is 6.77. The molecule has 28 heavy (non-hydrogen) atoms. The van der Waals surface area contributed by atoms with Crippen LogP contribution >= 0.6 is 0 Å². The molecule has 3 heterocycles. The van der Waals surface area contributed by atoms with Gasteiger partial charge < -0.3 is 19.8 Å². The van der Waals surface area contributed by atoms with E-state index in [2.05, 4.69) is 9.97 Å². The van der Waals surface area contributed by atoms with Crippen molar-refractivity contribution >= 4 is 33.9 Å². The maximum Gasteiger partial charge on any atom is 0.292 e. The molecule has 0 unspecified atom stereocenters. The van der Waals surface area contributed by atoms with Gasteiger partial charge in [-0.3, -0.25) is 9.78 Å². The Labute approximate surface area is 160 Å². The van der Waals surface area contributed by atoms with Crippen molar-refractivity contribution in [3.8, 4) is 11.1 Å². The Kier molecular flexibility index (Phi) is 3.95. The summed E-state index contributed by atoms with van der Waals surface area (Å²) in [6, 6.07) is 13.8. The zero-order valence-electron chi connectivity index (χ0n) is 15.1. The molecule has 2 aromatic carbocycles. The number of anilines is 1. The SMILES string of the molecule is Nc1nc2cc(-c3ccc4ncc(C(=O)N5CCOCC5)cc4c3)ccc2o1. The monoisotopic (exact) mass is 374 g/mol. The number of carbonyl (C=O) groups is 1. The fourth-order valence-electron chi connectivity index (χ4n) is 3.50. The maximum absolute atomic E-state index is 12.7. The van der Waals surface area contributed by atoms with Gasteiger partial charge in [-0.25, -0.2) is 0 Å². The van der Waals surface area contributed by atoms with Gasteiger partial charge >= 0.3 is 0 Å². The van der Waals surface area contributed by atoms with Crippen LogP contribution in [0.25, 0.3) is 33.1 Å². The van der Waals surface area contributed by atoms with Crippen molar-refractivity contribution in [3.05, 3.63) is 54.2 Å². The summed E-state index contributed by atoms with van der Waals surface area (Å²) in [5.41, 5.74) is 10.4. The van der Waals surface area contributed by atoms with E-state index in [4.69, 9.17) is 14.9 Å². The lowest BCUT2D eigenvalue weighted by Gasteiger charge is -2.26. The van der Waals surface area contributed by atoms with E-state index in [0.717, 1.165) is 22.0 Å². The number of nitrogens with zero attached hydrogens (tertiary/aromatic N) is 3. The summed E-state index contributed by atoms with van der Waals surface area (Å²) >= 11 is 0. The number of aromatic nitrogens is 2. The number of nitrogens with two attached hydrogens (primary N) is 1. The molecule has 1 aliphatic rings. The normalized spacial score (nSPS) is 14.6. The Balaban J connectivity index is 1.52. The number of amides is 1. The third kappa shape index (κ3) is 2.95. The number of rotatable bonds is 2. The topological polar surface area (TPSA) is 94.5 Å². The van der Waals surface area contributed by atoms with Crippen LogP contribution in [0, 0.1) is 0 Å². The molecular weight excluding hydrogens is 356 g/mol. The number of carbonyl (C=O) groups excluding carboxylic acids is 1. The number of benzene rings is 2. The van der Waals surface area contributed by atoms with Crippen LogP contribution in [0.3, 0.4) is 0 Å². The molecule has 0 aliphatic carbocycles. The quantitative estimate of drug-likeness (QED) is 0.579. The van der Waals surface area contributed by atoms with Gasteiger partial charge in [-0.1, -0.05) is 12.1 Å². The van der Waals surface area contributed by atoms with Gasteiger partial charge in [-0.05, 0) is 41.5 Å². The zero-order valence-corrected chi connectivity index (χ0v) is 15.1. The van der Waals surface area contributed by atoms with Crippen LogP contribution in [0.1, 0.15) is 10.4 Å². The molecule has 0 bridgehead atoms. The van der Waals surface area contributed by atoms with Crippen molar-refractivity contribution in [3.63, 3.8) is 0 Å². The first kappa shape index (κ1) is 16.7. The van der Waals surface area contributed by atoms with Gasteiger partial charge in [-0.15, -0.1) is 0 Å². The van der Waals surface area contributed by atoms with E-state index in [1.807, 2.05) is 42.5 Å². The number of oxazole rings is 1. The molecular formula is C21H18N4O3. The standard InChI is InChI=1S/C21H18N4O3/c22-21-24-18-11-14(2-4-19(18)28-21)13-1-3-17-15(9-13)10-16(12-23-17)20(26)25-5-7-27-8-6-25/h1-4,9-12H,5-8H2,(H2,22,24). The summed E-state index contributed by atoms with van der Waals surface area (Å²) in [6.45, 7) is 2.37. The van der Waals surface area contributed by atoms with Crippen molar-refractivity contribution in [1.29, 1.82) is 0 Å². The van der Waals surface area contributed by atoms with E-state index in [9.17, 15) is 4.79 Å². The number of nitrogen functional groups attached to an aromatic ring is 1. The first-order chi connectivity index (χ1) is 13.7. The third-order valence-electron chi connectivity index (χ3n) is 4.96. The molecule has 1 fully saturated rings. The van der Waals surface area contributed by atoms with Crippen molar-refractivity contribution in [2.75, 3.05) is 32.0 Å². The van der Waals surface area contributed by atoms with E-state index in [-0.39, 0.29) is 11.9 Å². The third-order valence-corrected chi connectivity index (χ3v) is 4.96. The number of pyridine rings is 1. The highest BCUT2D eigenvalue weighted by molar-refractivity contribution is 5.98. The van der Waals surface area contributed by atoms with Crippen molar-refractivity contribution < 1.29 is 13.9 Å². The molecule has 7 heteroatoms. The fraction of sp³-hybridized carbons (Fsp3) is 0.190. The van der Waals surface area contributed by atoms with Gasteiger partial charge in [0.2, 0.25) is 0 Å². The minimum Gasteiger partial charge on any atom is -0.424 e. The predicted octanol–water partition coefficient (Wildman–Crippen LogP) is 3.10. The first-order valence-corrected chi connectivity index (χ1v) is 9.11. The Morgan fingerprint density at radius 3 is 2.64 bits per heavy atom. The number of fused-ring (bicyclic) bond motifs is 2. The van der Waals surface area contributed by atoms with Gasteiger partial charge in [0, 0.05) is 24.7 Å². The molecule has 5 rings (SSSR count). The highest BCUT2D eigenvalue weighted by Gasteiger charge is 2.19. The molecule has 0 saturated carbocycles. The van der Waals surface area contributed by atoms with Gasteiger partial charge in [0.15, 0.2) is 5.58 Å². The molecule has 2 N–H and O–H groups in total. The average Bonchev–Trinajstić information content (AvgIpc) is 3.12. The van der Waals surface area contributed by atoms with Crippen molar-refractivity contribution in [2.45, 2.75) is 0 Å². The molecule has 0 atom stereocenters. The highest BCUT2D eigenvalue weighted by atomic mass is 16.5. The Morgan fingerprint density at radius 2 is 1.79 bits per heavy atom. The van der Waals surface area contributed by atoms with Crippen LogP contribution in [0.15, 0.2) is 53.1 Å². The Hall–Kier alpha value is -3.45. The van der Waals surface area contributed by atoms with Crippen LogP contribution in [0.5, 0.6) is 0 Å². The smallest absolute Gasteiger partial charge is 0.292 e. The Bertz CT molecular complexity index is 1190. The van der Waals surface area contributed by atoms with Gasteiger partial charge in [0.1, 0.15) is 5.52 Å². The van der Waals surface area contributed by atoms with E-state index < -0.39 is 0 Å². The number of hydrogen-bond donors (Lipinski definition) is 1. The van der Waals surface area contributed by atoms with Crippen molar-refractivity contribution in [1.82, 2.24) is 14.9 Å². The summed E-state index contributed by atoms with van der Waals surface area (Å²) in [5.74, 6) is -0.0115. The molecule has 1 amide bonds. The van der Waals surface area contributed by atoms with Crippen molar-refractivity contribution in [2.24, 2.45) is 0 Å². The molecule has 0 radical (unpaired) electrons. The molecule has 0 spiro atoms. The second kappa shape index (κ2) is 6.61. The van der Waals surface area contributed by atoms with E-state index in [0.29, 0.717) is 43.0 Å². The molecule has 1 saturated heterocycles. The summed E-state index contributed by atoms with van der Waals surface area (Å²) in [4.78, 5) is 23.2. The average molecular weight is 374 g/mol. The number of hydrogen-bond acceptors (Lipinski definition) is 6. The van der Waals surface area contributed by atoms with Crippen LogP contribution in [0.2, 0.25) is 0 Å². The maximum atomic E-state index is 12.7. The number of morpholine rings is 1. The van der Waals surface area contributed by atoms with Gasteiger partial charge in [0.05, 0.1) is 24.3 Å². The summed E-state index contributed by atoms with van der Waals surface area (Å²) in [6.07, 6.45) is 1.64. The van der Waals surface area contributed by atoms with Gasteiger partial charge in [0.25, 0.3) is 11.9 Å². The fourth-order valence-corrected chi connectivity index (χ4v) is 3.50. The molecule has 7 nitrogen and oxygen atoms in total. The molecule has 1 aliphatic heterocycles. The minimum atomic E-state index is -0.0115. The van der Waals surface area contributed by atoms with Crippen LogP contribution in [-0.2, 0) is 4.74 Å². The second-order valence-corrected chi connectivity index (χ2v) is 6.77. The van der Waals surface area contributed by atoms with Crippen LogP contribution in [-0.4, -0.2) is 47.1 Å². The van der Waals surface area contributed by atoms with E-state index >= 15 is 0 Å². The van der Waals surface area contributed by atoms with Gasteiger partial charge in [-0.2, -0.15) is 4.98 Å². The number of ether oxygens (including phenoxy) is 1. The minimum absolute atomic E-state index is 0.0115. The summed E-state index contributed by atoms with van der Waals surface area (Å²) in [7, 11) is 0. The zero-order chi connectivity index (χ0) is 19.1. The van der Waals surface area contributed by atoms with E-state index in [1.165, 1.54) is 0 Å². The highest BCUT2D eigenvalue weighted by Crippen LogP contribution is 2.28. The van der Waals surface area contributed by atoms with Crippen LogP contribution in [0.4, 0.5) is 6.01 Å². The first-order valence-electron chi connectivity index (χ1n) is 9.11. The molecule has 140 valence electrons. The molecule has 2 aromatic heterocycles. The lowest BCUT2D eigenvalue weighted by atomic mass is 10.0. The Morgan fingerprint density at radius 1 is 1.00 bits per heavy atom. The lowest BCUT2D eigenvalue weighted by molar-refractivity contribution is 0.0303. The van der Waals surface area contributed by atoms with Crippen LogP contribution < -0.4 is 5.73 Å². The van der Waals surface area contributed by atoms with E-state index in [1.54, 1.807) is 11.1 Å². The summed E-state index contributed by atoms with van der Waals surface area (Å²) in [5, 5.41) is 0.913. The molecule has 4 aromatic rings.